The zero-order valence-corrected chi connectivity index (χ0v) is 18.6. The quantitative estimate of drug-likeness (QED) is 0.149. The zero-order valence-electron chi connectivity index (χ0n) is 16.6. The number of unbranched alkanes of at least 4 members (excludes halogenated alkanes) is 9. The number of carbonyl (C=O) groups is 2. The van der Waals surface area contributed by atoms with E-state index in [2.05, 4.69) is 13.5 Å². The number of hydrogen-bond donors (Lipinski definition) is 0. The fraction of sp³-hybridized carbons (Fsp3) is 0.545. The average Bonchev–Trinajstić information content (AvgIpc) is 2.63. The molecule has 0 aliphatic rings. The smallest absolute Gasteiger partial charge is 0.346 e. The Morgan fingerprint density at radius 1 is 0.923 bits per heavy atom. The van der Waals surface area contributed by atoms with Crippen LogP contribution in [0.1, 0.15) is 87.1 Å². The van der Waals surface area contributed by atoms with E-state index in [1.165, 1.54) is 57.8 Å². The predicted octanol–water partition coefficient (Wildman–Crippen LogP) is 5.64. The van der Waals surface area contributed by atoms with Crippen LogP contribution in [0.4, 0.5) is 0 Å². The van der Waals surface area contributed by atoms with E-state index in [-0.39, 0.29) is 29.6 Å². The van der Waals surface area contributed by atoms with Crippen molar-refractivity contribution in [3.8, 4) is 0 Å². The molecule has 1 aromatic carbocycles. The van der Waals surface area contributed by atoms with E-state index in [0.29, 0.717) is 5.56 Å². The van der Waals surface area contributed by atoms with Crippen LogP contribution in [0.5, 0.6) is 0 Å². The first kappa shape index (κ1) is 25.1. The second-order valence-electron chi connectivity index (χ2n) is 6.50. The molecule has 26 heavy (non-hydrogen) atoms. The Morgan fingerprint density at radius 3 is 2.04 bits per heavy atom. The van der Waals surface area contributed by atoms with Crippen LogP contribution >= 0.6 is 0 Å². The molecule has 1 rings (SSSR count). The number of aryl methyl sites for hydroxylation is 1. The molecule has 4 heteroatoms. The van der Waals surface area contributed by atoms with Crippen molar-refractivity contribution < 1.29 is 14.3 Å². The number of esters is 2. The first-order chi connectivity index (χ1) is 12.2. The third kappa shape index (κ3) is 10.9. The number of carbonyl (C=O) groups excluding carboxylic acids is 2. The standard InChI is InChI=1S/C22H32O3.Na/c1-3-5-6-7-8-9-10-11-12-13-16-19-17-14-15-18-20(19)22(24)25-21(23)4-2;/h4,14-15,17-18H,2-3,5-13,16H2,1H3;. The van der Waals surface area contributed by atoms with Gasteiger partial charge in [0.15, 0.2) is 0 Å². The van der Waals surface area contributed by atoms with Gasteiger partial charge in [0.1, 0.15) is 0 Å². The third-order valence-corrected chi connectivity index (χ3v) is 4.40. The topological polar surface area (TPSA) is 43.4 Å². The molecule has 0 amide bonds. The van der Waals surface area contributed by atoms with Crippen LogP contribution in [0.2, 0.25) is 0 Å². The van der Waals surface area contributed by atoms with Crippen LogP contribution in [0, 0.1) is 0 Å². The Kier molecular flexibility index (Phi) is 15.7. The molecule has 139 valence electrons. The SMILES string of the molecule is C=CC(=O)OC(=O)c1ccccc1CCCCCCCCCCCC.[Na]. The second-order valence-corrected chi connectivity index (χ2v) is 6.50. The molecule has 0 saturated carbocycles. The summed E-state index contributed by atoms with van der Waals surface area (Å²) in [6.45, 7) is 5.55. The van der Waals surface area contributed by atoms with Crippen molar-refractivity contribution in [2.24, 2.45) is 0 Å². The first-order valence-corrected chi connectivity index (χ1v) is 9.65. The van der Waals surface area contributed by atoms with Crippen molar-refractivity contribution in [3.63, 3.8) is 0 Å². The normalized spacial score (nSPS) is 10.0. The minimum atomic E-state index is -0.710. The molecule has 1 aromatic rings. The van der Waals surface area contributed by atoms with Gasteiger partial charge in [-0.15, -0.1) is 0 Å². The Bertz CT molecular complexity index is 540. The van der Waals surface area contributed by atoms with E-state index in [4.69, 9.17) is 4.74 Å². The molecule has 0 fully saturated rings. The van der Waals surface area contributed by atoms with E-state index >= 15 is 0 Å². The molecular formula is C22H32NaO3. The van der Waals surface area contributed by atoms with Gasteiger partial charge in [-0.05, 0) is 24.5 Å². The van der Waals surface area contributed by atoms with Gasteiger partial charge in [0.2, 0.25) is 0 Å². The van der Waals surface area contributed by atoms with Gasteiger partial charge >= 0.3 is 11.9 Å². The number of hydrogen-bond acceptors (Lipinski definition) is 3. The summed E-state index contributed by atoms with van der Waals surface area (Å²) >= 11 is 0. The third-order valence-electron chi connectivity index (χ3n) is 4.40. The molecule has 0 N–H and O–H groups in total. The summed E-state index contributed by atoms with van der Waals surface area (Å²) in [5.41, 5.74) is 1.43. The Labute approximate surface area is 180 Å². The van der Waals surface area contributed by atoms with E-state index in [1.807, 2.05) is 12.1 Å². The summed E-state index contributed by atoms with van der Waals surface area (Å²) in [7, 11) is 0. The summed E-state index contributed by atoms with van der Waals surface area (Å²) in [5, 5.41) is 0. The van der Waals surface area contributed by atoms with Crippen molar-refractivity contribution in [2.75, 3.05) is 0 Å². The Balaban J connectivity index is 0.00000625. The zero-order chi connectivity index (χ0) is 18.3. The maximum absolute atomic E-state index is 12.0. The van der Waals surface area contributed by atoms with Crippen molar-refractivity contribution in [3.05, 3.63) is 48.0 Å². The molecule has 0 unspecified atom stereocenters. The van der Waals surface area contributed by atoms with Crippen molar-refractivity contribution in [1.82, 2.24) is 0 Å². The van der Waals surface area contributed by atoms with Gasteiger partial charge in [0.25, 0.3) is 0 Å². The maximum atomic E-state index is 12.0. The fourth-order valence-corrected chi connectivity index (χ4v) is 2.93. The van der Waals surface area contributed by atoms with Gasteiger partial charge in [-0.3, -0.25) is 0 Å². The minimum Gasteiger partial charge on any atom is -0.386 e. The molecule has 0 heterocycles. The van der Waals surface area contributed by atoms with Gasteiger partial charge in [0.05, 0.1) is 5.56 Å². The number of benzene rings is 1. The molecule has 0 atom stereocenters. The average molecular weight is 367 g/mol. The molecule has 0 aliphatic carbocycles. The van der Waals surface area contributed by atoms with Gasteiger partial charge in [-0.2, -0.15) is 0 Å². The largest absolute Gasteiger partial charge is 0.386 e. The van der Waals surface area contributed by atoms with Crippen LogP contribution in [-0.2, 0) is 16.0 Å². The van der Waals surface area contributed by atoms with Gasteiger partial charge in [-0.25, -0.2) is 9.59 Å². The van der Waals surface area contributed by atoms with E-state index < -0.39 is 11.9 Å². The van der Waals surface area contributed by atoms with Gasteiger partial charge < -0.3 is 4.74 Å². The van der Waals surface area contributed by atoms with Crippen LogP contribution in [0.3, 0.4) is 0 Å². The molecule has 0 aliphatic heterocycles. The molecule has 0 spiro atoms. The van der Waals surface area contributed by atoms with Crippen molar-refractivity contribution in [2.45, 2.75) is 77.6 Å². The fourth-order valence-electron chi connectivity index (χ4n) is 2.93. The molecular weight excluding hydrogens is 335 g/mol. The van der Waals surface area contributed by atoms with Crippen LogP contribution < -0.4 is 0 Å². The van der Waals surface area contributed by atoms with Crippen molar-refractivity contribution in [1.29, 1.82) is 0 Å². The Morgan fingerprint density at radius 2 is 1.46 bits per heavy atom. The second kappa shape index (κ2) is 16.3. The monoisotopic (exact) mass is 367 g/mol. The van der Waals surface area contributed by atoms with Crippen LogP contribution in [0.15, 0.2) is 36.9 Å². The summed E-state index contributed by atoms with van der Waals surface area (Å²) in [6.07, 6.45) is 14.7. The van der Waals surface area contributed by atoms with Crippen LogP contribution in [0.25, 0.3) is 0 Å². The minimum absolute atomic E-state index is 0. The van der Waals surface area contributed by atoms with Gasteiger partial charge in [0, 0.05) is 35.6 Å². The summed E-state index contributed by atoms with van der Waals surface area (Å²) in [4.78, 5) is 23.2. The molecule has 0 saturated heterocycles. The first-order valence-electron chi connectivity index (χ1n) is 9.65. The summed E-state index contributed by atoms with van der Waals surface area (Å²) < 4.78 is 4.73. The molecule has 0 aromatic heterocycles. The molecule has 3 nitrogen and oxygen atoms in total. The maximum Gasteiger partial charge on any atom is 0.346 e. The van der Waals surface area contributed by atoms with Gasteiger partial charge in [-0.1, -0.05) is 89.5 Å². The summed E-state index contributed by atoms with van der Waals surface area (Å²) in [6, 6.07) is 7.35. The Hall–Kier alpha value is -0.900. The molecule has 0 bridgehead atoms. The molecule has 1 radical (unpaired) electrons. The number of ether oxygens (including phenoxy) is 1. The summed E-state index contributed by atoms with van der Waals surface area (Å²) in [5.74, 6) is -1.30. The van der Waals surface area contributed by atoms with E-state index in [0.717, 1.165) is 24.5 Å². The predicted molar refractivity (Wildman–Crippen MR) is 108 cm³/mol. The van der Waals surface area contributed by atoms with E-state index in [1.54, 1.807) is 12.1 Å². The number of rotatable bonds is 13. The van der Waals surface area contributed by atoms with E-state index in [9.17, 15) is 9.59 Å². The van der Waals surface area contributed by atoms with Crippen molar-refractivity contribution >= 4 is 41.5 Å². The van der Waals surface area contributed by atoms with Crippen LogP contribution in [-0.4, -0.2) is 41.5 Å².